The van der Waals surface area contributed by atoms with Crippen molar-refractivity contribution in [1.82, 2.24) is 9.97 Å². The van der Waals surface area contributed by atoms with Crippen molar-refractivity contribution in [2.75, 3.05) is 16.6 Å². The number of hydrogen-bond donors (Lipinski definition) is 2. The second-order valence-corrected chi connectivity index (χ2v) is 7.94. The summed E-state index contributed by atoms with van der Waals surface area (Å²) in [6, 6.07) is 13.1. The second kappa shape index (κ2) is 8.70. The number of rotatable bonds is 7. The van der Waals surface area contributed by atoms with Gasteiger partial charge in [-0.3, -0.25) is 4.79 Å². The first-order chi connectivity index (χ1) is 13.8. The standard InChI is InChI=1S/C20H20N4O4S/c1-14-5-3-6-15(2)19(14)28-13-18(25)23-16-7-9-17(10-8-16)29(26,27)24-20-21-11-4-12-22-20/h3-12H,13H2,1-2H3,(H,23,25)(H,21,22,24). The number of hydrogen-bond acceptors (Lipinski definition) is 6. The Labute approximate surface area is 169 Å². The lowest BCUT2D eigenvalue weighted by Gasteiger charge is -2.12. The largest absolute Gasteiger partial charge is 0.483 e. The van der Waals surface area contributed by atoms with E-state index in [-0.39, 0.29) is 23.4 Å². The van der Waals surface area contributed by atoms with Crippen LogP contribution >= 0.6 is 0 Å². The minimum absolute atomic E-state index is 0.0199. The molecule has 0 aliphatic rings. The molecule has 0 unspecified atom stereocenters. The maximum absolute atomic E-state index is 12.4. The number of nitrogens with one attached hydrogen (secondary N) is 2. The zero-order valence-electron chi connectivity index (χ0n) is 15.9. The van der Waals surface area contributed by atoms with E-state index < -0.39 is 10.0 Å². The van der Waals surface area contributed by atoms with Gasteiger partial charge in [0, 0.05) is 18.1 Å². The number of anilines is 2. The van der Waals surface area contributed by atoms with E-state index in [2.05, 4.69) is 20.0 Å². The Morgan fingerprint density at radius 1 is 0.966 bits per heavy atom. The summed E-state index contributed by atoms with van der Waals surface area (Å²) in [5.74, 6) is 0.311. The number of amides is 1. The molecule has 2 aromatic carbocycles. The van der Waals surface area contributed by atoms with Crippen molar-refractivity contribution in [2.45, 2.75) is 18.7 Å². The van der Waals surface area contributed by atoms with E-state index >= 15 is 0 Å². The molecular formula is C20H20N4O4S. The molecule has 150 valence electrons. The van der Waals surface area contributed by atoms with Gasteiger partial charge in [-0.15, -0.1) is 0 Å². The van der Waals surface area contributed by atoms with Crippen molar-refractivity contribution in [1.29, 1.82) is 0 Å². The van der Waals surface area contributed by atoms with E-state index in [0.29, 0.717) is 11.4 Å². The second-order valence-electron chi connectivity index (χ2n) is 6.26. The molecule has 0 bridgehead atoms. The number of sulfonamides is 1. The molecule has 0 aliphatic carbocycles. The third kappa shape index (κ3) is 5.29. The first-order valence-corrected chi connectivity index (χ1v) is 10.2. The molecule has 3 rings (SSSR count). The van der Waals surface area contributed by atoms with Crippen LogP contribution in [0, 0.1) is 13.8 Å². The van der Waals surface area contributed by atoms with E-state index in [1.165, 1.54) is 36.7 Å². The molecule has 0 saturated carbocycles. The topological polar surface area (TPSA) is 110 Å². The fourth-order valence-electron chi connectivity index (χ4n) is 2.61. The Morgan fingerprint density at radius 2 is 1.59 bits per heavy atom. The summed E-state index contributed by atoms with van der Waals surface area (Å²) in [5, 5.41) is 2.68. The number of aryl methyl sites for hydroxylation is 2. The van der Waals surface area contributed by atoms with E-state index in [0.717, 1.165) is 11.1 Å². The van der Waals surface area contributed by atoms with Gasteiger partial charge in [-0.2, -0.15) is 0 Å². The molecule has 2 N–H and O–H groups in total. The maximum Gasteiger partial charge on any atom is 0.264 e. The fraction of sp³-hybridized carbons (Fsp3) is 0.150. The average Bonchev–Trinajstić information content (AvgIpc) is 2.68. The molecule has 0 aliphatic heterocycles. The zero-order chi connectivity index (χ0) is 20.9. The van der Waals surface area contributed by atoms with Crippen molar-refractivity contribution >= 4 is 27.6 Å². The average molecular weight is 412 g/mol. The smallest absolute Gasteiger partial charge is 0.264 e. The van der Waals surface area contributed by atoms with Gasteiger partial charge in [-0.05, 0) is 55.3 Å². The number of carbonyl (C=O) groups is 1. The minimum atomic E-state index is -3.83. The van der Waals surface area contributed by atoms with E-state index in [4.69, 9.17) is 4.74 Å². The number of nitrogens with zero attached hydrogens (tertiary/aromatic N) is 2. The third-order valence-electron chi connectivity index (χ3n) is 4.00. The number of ether oxygens (including phenoxy) is 1. The summed E-state index contributed by atoms with van der Waals surface area (Å²) in [4.78, 5) is 19.8. The minimum Gasteiger partial charge on any atom is -0.483 e. The van der Waals surface area contributed by atoms with Gasteiger partial charge in [0.1, 0.15) is 5.75 Å². The number of aromatic nitrogens is 2. The van der Waals surface area contributed by atoms with Crippen LogP contribution in [0.25, 0.3) is 0 Å². The van der Waals surface area contributed by atoms with Crippen LogP contribution in [0.1, 0.15) is 11.1 Å². The lowest BCUT2D eigenvalue weighted by atomic mass is 10.1. The normalized spacial score (nSPS) is 11.0. The molecular weight excluding hydrogens is 392 g/mol. The van der Waals surface area contributed by atoms with Crippen LogP contribution in [0.4, 0.5) is 11.6 Å². The Morgan fingerprint density at radius 3 is 2.21 bits per heavy atom. The summed E-state index contributed by atoms with van der Waals surface area (Å²) in [7, 11) is -3.83. The first kappa shape index (κ1) is 20.3. The molecule has 9 heteroatoms. The molecule has 0 atom stereocenters. The van der Waals surface area contributed by atoms with Crippen LogP contribution in [-0.4, -0.2) is 30.9 Å². The summed E-state index contributed by atoms with van der Waals surface area (Å²) in [6.45, 7) is 3.67. The van der Waals surface area contributed by atoms with E-state index in [1.54, 1.807) is 6.07 Å². The summed E-state index contributed by atoms with van der Waals surface area (Å²) >= 11 is 0. The van der Waals surface area contributed by atoms with Crippen LogP contribution in [0.5, 0.6) is 5.75 Å². The molecule has 0 radical (unpaired) electrons. The van der Waals surface area contributed by atoms with Crippen molar-refractivity contribution in [3.05, 3.63) is 72.1 Å². The van der Waals surface area contributed by atoms with Crippen molar-refractivity contribution < 1.29 is 17.9 Å². The molecule has 3 aromatic rings. The molecule has 1 aromatic heterocycles. The predicted octanol–water partition coefficient (Wildman–Crippen LogP) is 2.91. The van der Waals surface area contributed by atoms with Crippen LogP contribution < -0.4 is 14.8 Å². The number of benzene rings is 2. The lowest BCUT2D eigenvalue weighted by molar-refractivity contribution is -0.118. The molecule has 29 heavy (non-hydrogen) atoms. The molecule has 1 amide bonds. The van der Waals surface area contributed by atoms with Gasteiger partial charge >= 0.3 is 0 Å². The van der Waals surface area contributed by atoms with Gasteiger partial charge in [-0.25, -0.2) is 23.1 Å². The van der Waals surface area contributed by atoms with Gasteiger partial charge < -0.3 is 10.1 Å². The summed E-state index contributed by atoms with van der Waals surface area (Å²) in [5.41, 5.74) is 2.35. The Kier molecular flexibility index (Phi) is 6.08. The molecule has 0 fully saturated rings. The molecule has 0 spiro atoms. The van der Waals surface area contributed by atoms with Crippen LogP contribution in [0.15, 0.2) is 65.8 Å². The molecule has 0 saturated heterocycles. The van der Waals surface area contributed by atoms with Crippen LogP contribution in [-0.2, 0) is 14.8 Å². The van der Waals surface area contributed by atoms with Crippen molar-refractivity contribution in [3.8, 4) is 5.75 Å². The zero-order valence-corrected chi connectivity index (χ0v) is 16.7. The molecule has 1 heterocycles. The maximum atomic E-state index is 12.4. The Hall–Kier alpha value is -3.46. The van der Waals surface area contributed by atoms with Crippen LogP contribution in [0.3, 0.4) is 0 Å². The third-order valence-corrected chi connectivity index (χ3v) is 5.34. The summed E-state index contributed by atoms with van der Waals surface area (Å²) in [6.07, 6.45) is 2.87. The Balaban J connectivity index is 1.60. The number of para-hydroxylation sites is 1. The predicted molar refractivity (Wildman–Crippen MR) is 109 cm³/mol. The van der Waals surface area contributed by atoms with Gasteiger partial charge in [0.15, 0.2) is 6.61 Å². The van der Waals surface area contributed by atoms with Gasteiger partial charge in [0.25, 0.3) is 15.9 Å². The SMILES string of the molecule is Cc1cccc(C)c1OCC(=O)Nc1ccc(S(=O)(=O)Nc2ncccn2)cc1. The monoisotopic (exact) mass is 412 g/mol. The van der Waals surface area contributed by atoms with E-state index in [9.17, 15) is 13.2 Å². The van der Waals surface area contributed by atoms with Gasteiger partial charge in [0.05, 0.1) is 4.90 Å². The first-order valence-electron chi connectivity index (χ1n) is 8.74. The molecule has 8 nitrogen and oxygen atoms in total. The van der Waals surface area contributed by atoms with Crippen molar-refractivity contribution in [2.24, 2.45) is 0 Å². The van der Waals surface area contributed by atoms with Crippen molar-refractivity contribution in [3.63, 3.8) is 0 Å². The quantitative estimate of drug-likeness (QED) is 0.617. The highest BCUT2D eigenvalue weighted by Gasteiger charge is 2.15. The highest BCUT2D eigenvalue weighted by molar-refractivity contribution is 7.92. The highest BCUT2D eigenvalue weighted by atomic mass is 32.2. The summed E-state index contributed by atoms with van der Waals surface area (Å²) < 4.78 is 32.6. The lowest BCUT2D eigenvalue weighted by Crippen LogP contribution is -2.21. The van der Waals surface area contributed by atoms with Crippen LogP contribution in [0.2, 0.25) is 0 Å². The number of carbonyl (C=O) groups excluding carboxylic acids is 1. The fourth-order valence-corrected chi connectivity index (χ4v) is 3.57. The highest BCUT2D eigenvalue weighted by Crippen LogP contribution is 2.22. The van der Waals surface area contributed by atoms with E-state index in [1.807, 2.05) is 32.0 Å². The van der Waals surface area contributed by atoms with Gasteiger partial charge in [0.2, 0.25) is 5.95 Å². The van der Waals surface area contributed by atoms with Gasteiger partial charge in [-0.1, -0.05) is 18.2 Å². The Bertz CT molecular complexity index is 1080.